The minimum atomic E-state index is -0.758. The molecule has 1 fully saturated rings. The third kappa shape index (κ3) is 4.37. The molecule has 3 aromatic rings. The van der Waals surface area contributed by atoms with Crippen molar-refractivity contribution in [3.05, 3.63) is 72.0 Å². The summed E-state index contributed by atoms with van der Waals surface area (Å²) in [7, 11) is 0. The predicted octanol–water partition coefficient (Wildman–Crippen LogP) is 3.88. The number of aromatic nitrogens is 1. The number of hydrogen-bond donors (Lipinski definition) is 1. The molecule has 1 aliphatic rings. The average molecular weight is 396 g/mol. The predicted molar refractivity (Wildman–Crippen MR) is 107 cm³/mol. The topological polar surface area (TPSA) is 75.8 Å². The van der Waals surface area contributed by atoms with Crippen molar-refractivity contribution in [2.24, 2.45) is 0 Å². The summed E-state index contributed by atoms with van der Waals surface area (Å²) >= 11 is 1.65. The molecule has 0 amide bonds. The molecule has 1 aromatic heterocycles. The summed E-state index contributed by atoms with van der Waals surface area (Å²) in [6.45, 7) is 0.913. The molecule has 1 saturated heterocycles. The highest BCUT2D eigenvalue weighted by Gasteiger charge is 2.30. The number of benzene rings is 2. The van der Waals surface area contributed by atoms with E-state index < -0.39 is 12.0 Å². The monoisotopic (exact) mass is 396 g/mol. The van der Waals surface area contributed by atoms with Crippen LogP contribution in [0.1, 0.15) is 11.3 Å². The van der Waals surface area contributed by atoms with Gasteiger partial charge in [-0.3, -0.25) is 9.69 Å². The smallest absolute Gasteiger partial charge is 0.321 e. The molecular weight excluding hydrogens is 376 g/mol. The van der Waals surface area contributed by atoms with Gasteiger partial charge in [0.15, 0.2) is 5.76 Å². The summed E-state index contributed by atoms with van der Waals surface area (Å²) in [6.07, 6.45) is 0. The SMILES string of the molecule is O=C(O)C1CSCN1Cc1ccc(OCc2cc(-c3ccccc3)no2)cc1. The number of thioether (sulfide) groups is 1. The van der Waals surface area contributed by atoms with Crippen LogP contribution in [0.25, 0.3) is 11.3 Å². The quantitative estimate of drug-likeness (QED) is 0.649. The Morgan fingerprint density at radius 1 is 1.21 bits per heavy atom. The normalized spacial score (nSPS) is 16.9. The molecule has 0 saturated carbocycles. The first-order valence-corrected chi connectivity index (χ1v) is 10.1. The zero-order chi connectivity index (χ0) is 19.3. The summed E-state index contributed by atoms with van der Waals surface area (Å²) in [5.74, 6) is 2.00. The maximum absolute atomic E-state index is 11.3. The first kappa shape index (κ1) is 18.6. The Labute approximate surface area is 167 Å². The van der Waals surface area contributed by atoms with Crippen LogP contribution in [-0.4, -0.2) is 38.8 Å². The van der Waals surface area contributed by atoms with E-state index in [2.05, 4.69) is 5.16 Å². The maximum atomic E-state index is 11.3. The van der Waals surface area contributed by atoms with Gasteiger partial charge >= 0.3 is 5.97 Å². The van der Waals surface area contributed by atoms with Crippen LogP contribution in [0.5, 0.6) is 5.75 Å². The van der Waals surface area contributed by atoms with E-state index in [0.29, 0.717) is 24.7 Å². The van der Waals surface area contributed by atoms with Crippen LogP contribution in [0.2, 0.25) is 0 Å². The molecule has 0 bridgehead atoms. The third-order valence-electron chi connectivity index (χ3n) is 4.58. The Morgan fingerprint density at radius 2 is 2.00 bits per heavy atom. The van der Waals surface area contributed by atoms with E-state index in [1.807, 2.05) is 65.6 Å². The maximum Gasteiger partial charge on any atom is 0.321 e. The van der Waals surface area contributed by atoms with E-state index in [-0.39, 0.29) is 0 Å². The average Bonchev–Trinajstić information content (AvgIpc) is 3.38. The molecule has 7 heteroatoms. The molecule has 0 aliphatic carbocycles. The van der Waals surface area contributed by atoms with E-state index in [4.69, 9.17) is 9.26 Å². The Hall–Kier alpha value is -2.77. The Morgan fingerprint density at radius 3 is 2.75 bits per heavy atom. The summed E-state index contributed by atoms with van der Waals surface area (Å²) < 4.78 is 11.1. The highest BCUT2D eigenvalue weighted by atomic mass is 32.2. The highest BCUT2D eigenvalue weighted by molar-refractivity contribution is 7.99. The van der Waals surface area contributed by atoms with Crippen LogP contribution in [0, 0.1) is 0 Å². The number of nitrogens with zero attached hydrogens (tertiary/aromatic N) is 2. The van der Waals surface area contributed by atoms with Crippen molar-refractivity contribution in [3.8, 4) is 17.0 Å². The van der Waals surface area contributed by atoms with Crippen molar-refractivity contribution in [2.45, 2.75) is 19.2 Å². The Kier molecular flexibility index (Phi) is 5.64. The van der Waals surface area contributed by atoms with Gasteiger partial charge in [-0.15, -0.1) is 11.8 Å². The van der Waals surface area contributed by atoms with Gasteiger partial charge in [0, 0.05) is 29.8 Å². The van der Waals surface area contributed by atoms with Gasteiger partial charge in [-0.05, 0) is 17.7 Å². The second-order valence-corrected chi connectivity index (χ2v) is 7.58. The van der Waals surface area contributed by atoms with Crippen LogP contribution in [0.4, 0.5) is 0 Å². The molecule has 1 unspecified atom stereocenters. The third-order valence-corrected chi connectivity index (χ3v) is 5.64. The first-order chi connectivity index (χ1) is 13.7. The molecule has 2 aromatic carbocycles. The van der Waals surface area contributed by atoms with Crippen LogP contribution < -0.4 is 4.74 Å². The molecule has 144 valence electrons. The van der Waals surface area contributed by atoms with E-state index in [1.165, 1.54) is 0 Å². The lowest BCUT2D eigenvalue weighted by Gasteiger charge is -2.20. The van der Waals surface area contributed by atoms with Crippen molar-refractivity contribution in [1.29, 1.82) is 0 Å². The minimum Gasteiger partial charge on any atom is -0.486 e. The zero-order valence-electron chi connectivity index (χ0n) is 15.2. The lowest BCUT2D eigenvalue weighted by Crippen LogP contribution is -2.37. The van der Waals surface area contributed by atoms with E-state index in [9.17, 15) is 9.90 Å². The van der Waals surface area contributed by atoms with Crippen LogP contribution in [-0.2, 0) is 17.9 Å². The number of carboxylic acids is 1. The standard InChI is InChI=1S/C21H20N2O4S/c24-21(25)20-13-28-14-23(20)11-15-6-8-17(9-7-15)26-12-18-10-19(22-27-18)16-4-2-1-3-5-16/h1-10,20H,11-14H2,(H,24,25). The van der Waals surface area contributed by atoms with Gasteiger partial charge < -0.3 is 14.4 Å². The molecule has 1 atom stereocenters. The van der Waals surface area contributed by atoms with Crippen molar-refractivity contribution in [3.63, 3.8) is 0 Å². The van der Waals surface area contributed by atoms with Gasteiger partial charge in [-0.25, -0.2) is 0 Å². The second-order valence-electron chi connectivity index (χ2n) is 6.58. The number of ether oxygens (including phenoxy) is 1. The van der Waals surface area contributed by atoms with Gasteiger partial charge in [-0.2, -0.15) is 0 Å². The van der Waals surface area contributed by atoms with Gasteiger partial charge in [0.25, 0.3) is 0 Å². The molecule has 0 radical (unpaired) electrons. The Balaban J connectivity index is 1.33. The molecular formula is C21H20N2O4S. The molecule has 0 spiro atoms. The van der Waals surface area contributed by atoms with Crippen molar-refractivity contribution in [1.82, 2.24) is 10.1 Å². The summed E-state index contributed by atoms with van der Waals surface area (Å²) in [4.78, 5) is 13.3. The number of carboxylic acid groups (broad SMARTS) is 1. The van der Waals surface area contributed by atoms with Crippen molar-refractivity contribution < 1.29 is 19.2 Å². The molecule has 1 aliphatic heterocycles. The fraction of sp³-hybridized carbons (Fsp3) is 0.238. The molecule has 6 nitrogen and oxygen atoms in total. The summed E-state index contributed by atoms with van der Waals surface area (Å²) in [5.41, 5.74) is 2.85. The zero-order valence-corrected chi connectivity index (χ0v) is 16.0. The fourth-order valence-corrected chi connectivity index (χ4v) is 4.25. The number of aliphatic carboxylic acids is 1. The van der Waals surface area contributed by atoms with Gasteiger partial charge in [0.2, 0.25) is 0 Å². The summed E-state index contributed by atoms with van der Waals surface area (Å²) in [6, 6.07) is 19.0. The van der Waals surface area contributed by atoms with Crippen LogP contribution >= 0.6 is 11.8 Å². The van der Waals surface area contributed by atoms with Crippen molar-refractivity contribution >= 4 is 17.7 Å². The highest BCUT2D eigenvalue weighted by Crippen LogP contribution is 2.24. The van der Waals surface area contributed by atoms with Gasteiger partial charge in [-0.1, -0.05) is 47.6 Å². The molecule has 4 rings (SSSR count). The molecule has 2 heterocycles. The number of carbonyl (C=O) groups is 1. The van der Waals surface area contributed by atoms with Gasteiger partial charge in [0.1, 0.15) is 24.1 Å². The van der Waals surface area contributed by atoms with Crippen LogP contribution in [0.3, 0.4) is 0 Å². The number of rotatable bonds is 7. The minimum absolute atomic E-state index is 0.295. The second kappa shape index (κ2) is 8.50. The summed E-state index contributed by atoms with van der Waals surface area (Å²) in [5, 5.41) is 13.4. The van der Waals surface area contributed by atoms with Crippen molar-refractivity contribution in [2.75, 3.05) is 11.6 Å². The first-order valence-electron chi connectivity index (χ1n) is 8.96. The lowest BCUT2D eigenvalue weighted by molar-refractivity contribution is -0.141. The Bertz CT molecular complexity index is 927. The van der Waals surface area contributed by atoms with E-state index in [0.717, 1.165) is 28.4 Å². The van der Waals surface area contributed by atoms with Crippen LogP contribution in [0.15, 0.2) is 65.2 Å². The molecule has 1 N–H and O–H groups in total. The fourth-order valence-electron chi connectivity index (χ4n) is 3.07. The number of hydrogen-bond acceptors (Lipinski definition) is 6. The van der Waals surface area contributed by atoms with E-state index in [1.54, 1.807) is 11.8 Å². The lowest BCUT2D eigenvalue weighted by atomic mass is 10.1. The largest absolute Gasteiger partial charge is 0.486 e. The van der Waals surface area contributed by atoms with Gasteiger partial charge in [0.05, 0.1) is 0 Å². The van der Waals surface area contributed by atoms with E-state index >= 15 is 0 Å². The molecule has 28 heavy (non-hydrogen) atoms.